The molecule has 1 heterocycles. The number of rotatable bonds is 8. The Kier molecular flexibility index (Phi) is 6.66. The first kappa shape index (κ1) is 12.7. The molecule has 86 valence electrons. The molecule has 0 saturated heterocycles. The molecular weight excluding hydrogens is 234 g/mol. The van der Waals surface area contributed by atoms with Gasteiger partial charge in [-0.15, -0.1) is 10.2 Å². The van der Waals surface area contributed by atoms with Crippen LogP contribution in [0.1, 0.15) is 0 Å². The maximum atomic E-state index is 4.95. The molecular formula is C8H15N3O2S2. The summed E-state index contributed by atoms with van der Waals surface area (Å²) in [7, 11) is 3.37. The Morgan fingerprint density at radius 2 is 2.07 bits per heavy atom. The first-order chi connectivity index (χ1) is 7.36. The molecule has 0 saturated carbocycles. The predicted octanol–water partition coefficient (Wildman–Crippen LogP) is 1.33. The lowest BCUT2D eigenvalue weighted by Crippen LogP contribution is -2.06. The van der Waals surface area contributed by atoms with Gasteiger partial charge in [0.05, 0.1) is 13.2 Å². The quantitative estimate of drug-likeness (QED) is 0.554. The van der Waals surface area contributed by atoms with Gasteiger partial charge in [-0.3, -0.25) is 0 Å². The van der Waals surface area contributed by atoms with Crippen molar-refractivity contribution in [2.75, 3.05) is 45.0 Å². The lowest BCUT2D eigenvalue weighted by atomic mass is 10.7. The molecule has 1 rings (SSSR count). The minimum Gasteiger partial charge on any atom is -0.384 e. The van der Waals surface area contributed by atoms with E-state index in [0.717, 1.165) is 28.4 Å². The maximum Gasteiger partial charge on any atom is 0.206 e. The van der Waals surface area contributed by atoms with E-state index in [1.165, 1.54) is 0 Å². The van der Waals surface area contributed by atoms with Crippen LogP contribution in [0.3, 0.4) is 0 Å². The van der Waals surface area contributed by atoms with E-state index in [0.29, 0.717) is 6.61 Å². The van der Waals surface area contributed by atoms with Crippen LogP contribution in [0.4, 0.5) is 5.13 Å². The highest BCUT2D eigenvalue weighted by Gasteiger charge is 2.03. The van der Waals surface area contributed by atoms with Crippen LogP contribution in [0, 0.1) is 0 Å². The van der Waals surface area contributed by atoms with Crippen LogP contribution in [0.25, 0.3) is 0 Å². The Morgan fingerprint density at radius 1 is 1.27 bits per heavy atom. The van der Waals surface area contributed by atoms with Crippen LogP contribution >= 0.6 is 23.1 Å². The third-order valence-electron chi connectivity index (χ3n) is 1.50. The van der Waals surface area contributed by atoms with Crippen molar-refractivity contribution in [2.24, 2.45) is 0 Å². The molecule has 1 N–H and O–H groups in total. The highest BCUT2D eigenvalue weighted by Crippen LogP contribution is 2.24. The number of thioether (sulfide) groups is 1. The normalized spacial score (nSPS) is 10.5. The minimum absolute atomic E-state index is 0.672. The SMILES string of the molecule is COCCNc1nnc(SCCOC)s1. The predicted molar refractivity (Wildman–Crippen MR) is 62.9 cm³/mol. The number of nitrogens with one attached hydrogen (secondary N) is 1. The van der Waals surface area contributed by atoms with Crippen LogP contribution in [0.2, 0.25) is 0 Å². The van der Waals surface area contributed by atoms with Crippen LogP contribution in [0.5, 0.6) is 0 Å². The number of hydrogen-bond donors (Lipinski definition) is 1. The first-order valence-electron chi connectivity index (χ1n) is 4.55. The Labute approximate surface area is 97.6 Å². The van der Waals surface area contributed by atoms with Crippen molar-refractivity contribution in [1.29, 1.82) is 0 Å². The fourth-order valence-corrected chi connectivity index (χ4v) is 2.56. The van der Waals surface area contributed by atoms with Gasteiger partial charge in [0, 0.05) is 26.5 Å². The number of hydrogen-bond acceptors (Lipinski definition) is 7. The number of ether oxygens (including phenoxy) is 2. The number of methoxy groups -OCH3 is 2. The van der Waals surface area contributed by atoms with Gasteiger partial charge < -0.3 is 14.8 Å². The van der Waals surface area contributed by atoms with Crippen molar-refractivity contribution in [1.82, 2.24) is 10.2 Å². The van der Waals surface area contributed by atoms with Gasteiger partial charge in [0.2, 0.25) is 5.13 Å². The summed E-state index contributed by atoms with van der Waals surface area (Å²) in [5.74, 6) is 0.906. The Bertz CT molecular complexity index is 246. The van der Waals surface area contributed by atoms with E-state index in [9.17, 15) is 0 Å². The van der Waals surface area contributed by atoms with Gasteiger partial charge in [-0.25, -0.2) is 0 Å². The molecule has 0 unspecified atom stereocenters. The van der Waals surface area contributed by atoms with Gasteiger partial charge in [0.1, 0.15) is 0 Å². The van der Waals surface area contributed by atoms with E-state index in [-0.39, 0.29) is 0 Å². The summed E-state index contributed by atoms with van der Waals surface area (Å²) in [6, 6.07) is 0. The molecule has 0 spiro atoms. The number of nitrogens with zero attached hydrogens (tertiary/aromatic N) is 2. The molecule has 1 aromatic rings. The summed E-state index contributed by atoms with van der Waals surface area (Å²) in [6.07, 6.45) is 0. The molecule has 7 heteroatoms. The second kappa shape index (κ2) is 7.86. The smallest absolute Gasteiger partial charge is 0.206 e. The summed E-state index contributed by atoms with van der Waals surface area (Å²) in [5.41, 5.74) is 0. The number of aromatic nitrogens is 2. The average Bonchev–Trinajstić information content (AvgIpc) is 2.67. The molecule has 1 aromatic heterocycles. The van der Waals surface area contributed by atoms with E-state index >= 15 is 0 Å². The van der Waals surface area contributed by atoms with Crippen LogP contribution in [-0.4, -0.2) is 49.9 Å². The lowest BCUT2D eigenvalue weighted by Gasteiger charge is -1.98. The van der Waals surface area contributed by atoms with E-state index in [1.807, 2.05) is 0 Å². The summed E-state index contributed by atoms with van der Waals surface area (Å²) in [6.45, 7) is 2.16. The largest absolute Gasteiger partial charge is 0.384 e. The third-order valence-corrected chi connectivity index (χ3v) is 3.48. The lowest BCUT2D eigenvalue weighted by molar-refractivity contribution is 0.211. The van der Waals surface area contributed by atoms with E-state index in [4.69, 9.17) is 9.47 Å². The Morgan fingerprint density at radius 3 is 2.80 bits per heavy atom. The molecule has 0 aromatic carbocycles. The first-order valence-corrected chi connectivity index (χ1v) is 6.35. The third kappa shape index (κ3) is 5.31. The van der Waals surface area contributed by atoms with Crippen LogP contribution < -0.4 is 5.32 Å². The fourth-order valence-electron chi connectivity index (χ4n) is 0.812. The van der Waals surface area contributed by atoms with Gasteiger partial charge in [-0.05, 0) is 0 Å². The monoisotopic (exact) mass is 249 g/mol. The minimum atomic E-state index is 0.672. The van der Waals surface area contributed by atoms with Gasteiger partial charge in [0.15, 0.2) is 4.34 Å². The molecule has 15 heavy (non-hydrogen) atoms. The molecule has 0 amide bonds. The Hall–Kier alpha value is -0.370. The molecule has 0 aliphatic rings. The standard InChI is InChI=1S/C8H15N3O2S2/c1-12-4-3-9-7-10-11-8(15-7)14-6-5-13-2/h3-6H2,1-2H3,(H,9,10). The topological polar surface area (TPSA) is 56.3 Å². The molecule has 0 radical (unpaired) electrons. The maximum absolute atomic E-state index is 4.95. The zero-order valence-corrected chi connectivity index (χ0v) is 10.5. The fraction of sp³-hybridized carbons (Fsp3) is 0.750. The summed E-state index contributed by atoms with van der Waals surface area (Å²) in [4.78, 5) is 0. The van der Waals surface area contributed by atoms with E-state index in [1.54, 1.807) is 37.3 Å². The molecule has 0 bridgehead atoms. The molecule has 0 atom stereocenters. The molecule has 5 nitrogen and oxygen atoms in total. The van der Waals surface area contributed by atoms with Crippen molar-refractivity contribution in [3.05, 3.63) is 0 Å². The van der Waals surface area contributed by atoms with Crippen molar-refractivity contribution in [3.63, 3.8) is 0 Å². The second-order valence-electron chi connectivity index (χ2n) is 2.63. The zero-order valence-electron chi connectivity index (χ0n) is 8.86. The molecule has 0 aliphatic carbocycles. The van der Waals surface area contributed by atoms with Crippen LogP contribution in [-0.2, 0) is 9.47 Å². The second-order valence-corrected chi connectivity index (χ2v) is 4.95. The van der Waals surface area contributed by atoms with Gasteiger partial charge >= 0.3 is 0 Å². The van der Waals surface area contributed by atoms with Gasteiger partial charge in [-0.2, -0.15) is 0 Å². The van der Waals surface area contributed by atoms with E-state index in [2.05, 4.69) is 15.5 Å². The summed E-state index contributed by atoms with van der Waals surface area (Å²) < 4.78 is 10.8. The Balaban J connectivity index is 2.23. The van der Waals surface area contributed by atoms with Crippen molar-refractivity contribution in [2.45, 2.75) is 4.34 Å². The van der Waals surface area contributed by atoms with Crippen molar-refractivity contribution >= 4 is 28.2 Å². The summed E-state index contributed by atoms with van der Waals surface area (Å²) >= 11 is 3.21. The number of anilines is 1. The van der Waals surface area contributed by atoms with Crippen LogP contribution in [0.15, 0.2) is 4.34 Å². The van der Waals surface area contributed by atoms with Crippen molar-refractivity contribution < 1.29 is 9.47 Å². The van der Waals surface area contributed by atoms with E-state index < -0.39 is 0 Å². The van der Waals surface area contributed by atoms with Crippen molar-refractivity contribution in [3.8, 4) is 0 Å². The molecule has 0 aliphatic heterocycles. The van der Waals surface area contributed by atoms with Gasteiger partial charge in [-0.1, -0.05) is 23.1 Å². The van der Waals surface area contributed by atoms with Gasteiger partial charge in [0.25, 0.3) is 0 Å². The highest BCUT2D eigenvalue weighted by molar-refractivity contribution is 8.01. The highest BCUT2D eigenvalue weighted by atomic mass is 32.2. The molecule has 0 fully saturated rings. The average molecular weight is 249 g/mol. The zero-order chi connectivity index (χ0) is 10.9. The summed E-state index contributed by atoms with van der Waals surface area (Å²) in [5, 5.41) is 12.0.